The van der Waals surface area contributed by atoms with Crippen molar-refractivity contribution in [2.75, 3.05) is 5.75 Å². The molecule has 0 N–H and O–H groups in total. The van der Waals surface area contributed by atoms with Gasteiger partial charge >= 0.3 is 0 Å². The summed E-state index contributed by atoms with van der Waals surface area (Å²) in [5.74, 6) is 2.60. The zero-order valence-corrected chi connectivity index (χ0v) is 10.1. The lowest BCUT2D eigenvalue weighted by atomic mass is 10.4. The van der Waals surface area contributed by atoms with Gasteiger partial charge in [-0.1, -0.05) is 18.5 Å². The van der Waals surface area contributed by atoms with E-state index in [1.807, 2.05) is 7.05 Å². The Morgan fingerprint density at radius 1 is 1.47 bits per heavy atom. The van der Waals surface area contributed by atoms with E-state index >= 15 is 0 Å². The summed E-state index contributed by atoms with van der Waals surface area (Å²) in [5.41, 5.74) is 0.793. The second-order valence-corrected chi connectivity index (χ2v) is 4.71. The smallest absolute Gasteiger partial charge is 0.162 e. The summed E-state index contributed by atoms with van der Waals surface area (Å²) in [6.45, 7) is 2.11. The lowest BCUT2D eigenvalue weighted by Gasteiger charge is -2.01. The van der Waals surface area contributed by atoms with E-state index in [1.165, 1.54) is 0 Å². The van der Waals surface area contributed by atoms with Crippen molar-refractivity contribution in [2.24, 2.45) is 7.05 Å². The van der Waals surface area contributed by atoms with Gasteiger partial charge in [0.15, 0.2) is 5.65 Å². The lowest BCUT2D eigenvalue weighted by Crippen LogP contribution is -1.98. The number of rotatable bonds is 3. The average Bonchev–Trinajstić information content (AvgIpc) is 2.58. The second-order valence-electron chi connectivity index (χ2n) is 3.07. The molecule has 0 spiro atoms. The molecule has 2 aromatic heterocycles. The van der Waals surface area contributed by atoms with Gasteiger partial charge in [-0.3, -0.25) is 4.68 Å². The minimum absolute atomic E-state index is 0.486. The molecule has 0 aliphatic heterocycles. The molecule has 0 atom stereocenters. The van der Waals surface area contributed by atoms with Crippen molar-refractivity contribution < 1.29 is 0 Å². The van der Waals surface area contributed by atoms with Crippen LogP contribution in [0.5, 0.6) is 0 Å². The number of aryl methyl sites for hydroxylation is 1. The largest absolute Gasteiger partial charge is 0.250 e. The first-order valence-electron chi connectivity index (χ1n) is 4.64. The van der Waals surface area contributed by atoms with Gasteiger partial charge in [0.2, 0.25) is 0 Å². The van der Waals surface area contributed by atoms with Gasteiger partial charge in [-0.05, 0) is 5.75 Å². The third-order valence-electron chi connectivity index (χ3n) is 2.03. The van der Waals surface area contributed by atoms with Crippen LogP contribution in [0.1, 0.15) is 12.7 Å². The van der Waals surface area contributed by atoms with Gasteiger partial charge in [0.25, 0.3) is 0 Å². The highest BCUT2D eigenvalue weighted by Gasteiger charge is 2.09. The van der Waals surface area contributed by atoms with Gasteiger partial charge < -0.3 is 0 Å². The fourth-order valence-electron chi connectivity index (χ4n) is 1.29. The number of hydrogen-bond donors (Lipinski definition) is 0. The number of hydrogen-bond acceptors (Lipinski definition) is 4. The Morgan fingerprint density at radius 3 is 3.00 bits per heavy atom. The molecule has 0 fully saturated rings. The predicted molar refractivity (Wildman–Crippen MR) is 63.2 cm³/mol. The van der Waals surface area contributed by atoms with Crippen molar-refractivity contribution in [1.82, 2.24) is 19.7 Å². The molecule has 0 aliphatic carbocycles. The fraction of sp³-hybridized carbons (Fsp3) is 0.444. The number of aromatic nitrogens is 4. The molecule has 0 aliphatic rings. The molecule has 0 unspecified atom stereocenters. The van der Waals surface area contributed by atoms with Crippen LogP contribution in [0.2, 0.25) is 5.15 Å². The maximum atomic E-state index is 6.04. The molecule has 2 heterocycles. The summed E-state index contributed by atoms with van der Waals surface area (Å²) in [7, 11) is 1.85. The van der Waals surface area contributed by atoms with Crippen LogP contribution >= 0.6 is 23.4 Å². The molecule has 4 nitrogen and oxygen atoms in total. The molecule has 0 bridgehead atoms. The standard InChI is InChI=1S/C9H11ClN4S/c1-3-15-5-7-12-8(10)6-4-11-14(2)9(6)13-7/h4H,3,5H2,1-2H3. The van der Waals surface area contributed by atoms with E-state index in [1.54, 1.807) is 22.6 Å². The van der Waals surface area contributed by atoms with Gasteiger partial charge in [-0.15, -0.1) is 0 Å². The molecule has 6 heteroatoms. The van der Waals surface area contributed by atoms with Crippen LogP contribution in [0.15, 0.2) is 6.20 Å². The minimum atomic E-state index is 0.486. The predicted octanol–water partition coefficient (Wildman–Crippen LogP) is 2.27. The molecule has 0 saturated carbocycles. The molecule has 2 aromatic rings. The summed E-state index contributed by atoms with van der Waals surface area (Å²) in [6, 6.07) is 0. The van der Waals surface area contributed by atoms with Crippen molar-refractivity contribution in [3.63, 3.8) is 0 Å². The van der Waals surface area contributed by atoms with Crippen molar-refractivity contribution in [2.45, 2.75) is 12.7 Å². The number of nitrogens with zero attached hydrogens (tertiary/aromatic N) is 4. The van der Waals surface area contributed by atoms with Crippen molar-refractivity contribution in [3.05, 3.63) is 17.2 Å². The van der Waals surface area contributed by atoms with Crippen LogP contribution in [0.25, 0.3) is 11.0 Å². The third kappa shape index (κ3) is 2.08. The van der Waals surface area contributed by atoms with Gasteiger partial charge in [0.05, 0.1) is 17.3 Å². The monoisotopic (exact) mass is 242 g/mol. The lowest BCUT2D eigenvalue weighted by molar-refractivity contribution is 0.782. The molecule has 0 amide bonds. The Balaban J connectivity index is 2.45. The maximum absolute atomic E-state index is 6.04. The van der Waals surface area contributed by atoms with Crippen LogP contribution in [0.3, 0.4) is 0 Å². The summed E-state index contributed by atoms with van der Waals surface area (Å²) in [6.07, 6.45) is 1.69. The highest BCUT2D eigenvalue weighted by Crippen LogP contribution is 2.20. The van der Waals surface area contributed by atoms with E-state index in [-0.39, 0.29) is 0 Å². The van der Waals surface area contributed by atoms with E-state index in [2.05, 4.69) is 22.0 Å². The van der Waals surface area contributed by atoms with Crippen molar-refractivity contribution >= 4 is 34.4 Å². The number of halogens is 1. The Kier molecular flexibility index (Phi) is 3.11. The third-order valence-corrected chi connectivity index (χ3v) is 3.19. The first-order chi connectivity index (χ1) is 7.22. The Labute approximate surface area is 97.0 Å². The van der Waals surface area contributed by atoms with Crippen molar-refractivity contribution in [1.29, 1.82) is 0 Å². The summed E-state index contributed by atoms with van der Waals surface area (Å²) < 4.78 is 1.71. The molecule has 80 valence electrons. The highest BCUT2D eigenvalue weighted by molar-refractivity contribution is 7.98. The molecular formula is C9H11ClN4S. The van der Waals surface area contributed by atoms with Crippen LogP contribution in [-0.4, -0.2) is 25.5 Å². The van der Waals surface area contributed by atoms with E-state index in [9.17, 15) is 0 Å². The highest BCUT2D eigenvalue weighted by atomic mass is 35.5. The van der Waals surface area contributed by atoms with Gasteiger partial charge in [0.1, 0.15) is 11.0 Å². The molecule has 0 aromatic carbocycles. The van der Waals surface area contributed by atoms with Crippen molar-refractivity contribution in [3.8, 4) is 0 Å². The van der Waals surface area contributed by atoms with Gasteiger partial charge in [-0.2, -0.15) is 16.9 Å². The summed E-state index contributed by atoms with van der Waals surface area (Å²) in [5, 5.41) is 5.40. The molecule has 0 radical (unpaired) electrons. The van der Waals surface area contributed by atoms with Gasteiger partial charge in [-0.25, -0.2) is 9.97 Å². The average molecular weight is 243 g/mol. The zero-order valence-electron chi connectivity index (χ0n) is 8.57. The Morgan fingerprint density at radius 2 is 2.27 bits per heavy atom. The fourth-order valence-corrected chi connectivity index (χ4v) is 2.03. The van der Waals surface area contributed by atoms with Crippen LogP contribution in [0, 0.1) is 0 Å². The van der Waals surface area contributed by atoms with Crippen LogP contribution in [-0.2, 0) is 12.8 Å². The number of thioether (sulfide) groups is 1. The summed E-state index contributed by atoms with van der Waals surface area (Å²) >= 11 is 7.81. The SMILES string of the molecule is CCSCc1nc(Cl)c2cnn(C)c2n1. The van der Waals surface area contributed by atoms with E-state index in [0.717, 1.165) is 28.4 Å². The summed E-state index contributed by atoms with van der Waals surface area (Å²) in [4.78, 5) is 8.65. The maximum Gasteiger partial charge on any atom is 0.162 e. The first-order valence-corrected chi connectivity index (χ1v) is 6.17. The molecule has 2 rings (SSSR count). The van der Waals surface area contributed by atoms with E-state index in [4.69, 9.17) is 11.6 Å². The molecular weight excluding hydrogens is 232 g/mol. The normalized spacial score (nSPS) is 11.1. The molecule has 0 saturated heterocycles. The van der Waals surface area contributed by atoms with E-state index < -0.39 is 0 Å². The first kappa shape index (κ1) is 10.7. The molecule has 15 heavy (non-hydrogen) atoms. The van der Waals surface area contributed by atoms with Crippen LogP contribution < -0.4 is 0 Å². The number of fused-ring (bicyclic) bond motifs is 1. The van der Waals surface area contributed by atoms with E-state index in [0.29, 0.717) is 5.15 Å². The topological polar surface area (TPSA) is 43.6 Å². The quantitative estimate of drug-likeness (QED) is 0.775. The second kappa shape index (κ2) is 4.37. The zero-order chi connectivity index (χ0) is 10.8. The van der Waals surface area contributed by atoms with Gasteiger partial charge in [0, 0.05) is 7.05 Å². The minimum Gasteiger partial charge on any atom is -0.250 e. The van der Waals surface area contributed by atoms with Crippen LogP contribution in [0.4, 0.5) is 0 Å². The Hall–Kier alpha value is -0.810. The Bertz CT molecular complexity index is 482.